The van der Waals surface area contributed by atoms with Crippen LogP contribution in [-0.2, 0) is 9.53 Å². The Kier molecular flexibility index (Phi) is 22.8. The number of hydrogen-bond donors (Lipinski definition) is 2. The fraction of sp³-hybridized carbons (Fsp3) is 0.758. The van der Waals surface area contributed by atoms with E-state index in [0.717, 1.165) is 19.3 Å². The molecule has 218 valence electrons. The predicted molar refractivity (Wildman–Crippen MR) is 162 cm³/mol. The molecule has 0 heterocycles. The molecule has 0 bridgehead atoms. The Hall–Kier alpha value is -1.88. The van der Waals surface area contributed by atoms with Crippen molar-refractivity contribution in [3.8, 4) is 0 Å². The number of carbonyl (C=O) groups excluding carboxylic acids is 2. The number of para-hydroxylation sites is 1. The highest BCUT2D eigenvalue weighted by Crippen LogP contribution is 2.17. The van der Waals surface area contributed by atoms with Gasteiger partial charge in [0.05, 0.1) is 11.3 Å². The molecule has 0 unspecified atom stereocenters. The summed E-state index contributed by atoms with van der Waals surface area (Å²) in [5.74, 6) is -0.183. The van der Waals surface area contributed by atoms with Crippen molar-refractivity contribution in [1.29, 1.82) is 0 Å². The molecule has 0 atom stereocenters. The van der Waals surface area contributed by atoms with Crippen LogP contribution in [0.2, 0.25) is 0 Å². The van der Waals surface area contributed by atoms with E-state index in [1.165, 1.54) is 109 Å². The first-order valence-corrected chi connectivity index (χ1v) is 15.8. The van der Waals surface area contributed by atoms with E-state index < -0.39 is 0 Å². The number of rotatable bonds is 26. The second kappa shape index (κ2) is 25.4. The molecule has 5 heteroatoms. The van der Waals surface area contributed by atoms with E-state index in [1.807, 2.05) is 12.1 Å². The quantitative estimate of drug-likeness (QED) is 0.117. The molecule has 5 nitrogen and oxygen atoms in total. The molecule has 0 aliphatic rings. The Morgan fingerprint density at radius 1 is 0.658 bits per heavy atom. The van der Waals surface area contributed by atoms with E-state index in [-0.39, 0.29) is 11.8 Å². The maximum atomic E-state index is 12.4. The molecule has 38 heavy (non-hydrogen) atoms. The lowest BCUT2D eigenvalue weighted by molar-refractivity contribution is -0.116. The molecule has 0 aliphatic heterocycles. The van der Waals surface area contributed by atoms with E-state index in [1.54, 1.807) is 19.2 Å². The zero-order valence-corrected chi connectivity index (χ0v) is 24.8. The van der Waals surface area contributed by atoms with Crippen molar-refractivity contribution in [2.45, 2.75) is 142 Å². The SMILES string of the molecule is CCCCCCCCCCCCCCCCCCCCCC(=O)Nc1ccccc1C(=O)NCCCOC. The van der Waals surface area contributed by atoms with Crippen LogP contribution in [0.3, 0.4) is 0 Å². The van der Waals surface area contributed by atoms with Crippen LogP contribution in [0.5, 0.6) is 0 Å². The van der Waals surface area contributed by atoms with Gasteiger partial charge >= 0.3 is 0 Å². The van der Waals surface area contributed by atoms with Gasteiger partial charge in [0.2, 0.25) is 5.91 Å². The van der Waals surface area contributed by atoms with Crippen molar-refractivity contribution in [3.63, 3.8) is 0 Å². The van der Waals surface area contributed by atoms with Crippen molar-refractivity contribution in [2.75, 3.05) is 25.6 Å². The van der Waals surface area contributed by atoms with Crippen LogP contribution in [0, 0.1) is 0 Å². The van der Waals surface area contributed by atoms with Gasteiger partial charge in [-0.3, -0.25) is 9.59 Å². The van der Waals surface area contributed by atoms with Crippen LogP contribution in [0.1, 0.15) is 152 Å². The standard InChI is InChI=1S/C33H58N2O3/c1-3-4-5-6-7-8-9-10-11-12-13-14-15-16-17-18-19-20-21-27-32(36)35-31-26-23-22-25-30(31)33(37)34-28-24-29-38-2/h22-23,25-26H,3-21,24,27-29H2,1-2H3,(H,34,37)(H,35,36). The van der Waals surface area contributed by atoms with Crippen molar-refractivity contribution in [3.05, 3.63) is 29.8 Å². The summed E-state index contributed by atoms with van der Waals surface area (Å²) in [5, 5.41) is 5.81. The van der Waals surface area contributed by atoms with Crippen molar-refractivity contribution >= 4 is 17.5 Å². The first-order chi connectivity index (χ1) is 18.7. The minimum absolute atomic E-state index is 0.0170. The van der Waals surface area contributed by atoms with Crippen molar-refractivity contribution in [2.24, 2.45) is 0 Å². The van der Waals surface area contributed by atoms with Gasteiger partial charge in [-0.1, -0.05) is 135 Å². The normalized spacial score (nSPS) is 11.0. The minimum Gasteiger partial charge on any atom is -0.385 e. The third-order valence-corrected chi connectivity index (χ3v) is 7.26. The Morgan fingerprint density at radius 2 is 1.13 bits per heavy atom. The van der Waals surface area contributed by atoms with Gasteiger partial charge in [0.25, 0.3) is 5.91 Å². The van der Waals surface area contributed by atoms with Crippen LogP contribution >= 0.6 is 0 Å². The van der Waals surface area contributed by atoms with Gasteiger partial charge < -0.3 is 15.4 Å². The van der Waals surface area contributed by atoms with Gasteiger partial charge in [0.1, 0.15) is 0 Å². The fourth-order valence-corrected chi connectivity index (χ4v) is 4.88. The predicted octanol–water partition coefficient (Wildman–Crippen LogP) is 9.21. The van der Waals surface area contributed by atoms with Gasteiger partial charge in [-0.25, -0.2) is 0 Å². The average molecular weight is 531 g/mol. The van der Waals surface area contributed by atoms with Crippen LogP contribution < -0.4 is 10.6 Å². The maximum absolute atomic E-state index is 12.4. The maximum Gasteiger partial charge on any atom is 0.253 e. The summed E-state index contributed by atoms with van der Waals surface area (Å²) >= 11 is 0. The topological polar surface area (TPSA) is 67.4 Å². The molecule has 0 saturated carbocycles. The molecule has 2 N–H and O–H groups in total. The monoisotopic (exact) mass is 530 g/mol. The van der Waals surface area contributed by atoms with E-state index in [9.17, 15) is 9.59 Å². The minimum atomic E-state index is -0.166. The number of unbranched alkanes of at least 4 members (excludes halogenated alkanes) is 18. The second-order valence-electron chi connectivity index (χ2n) is 10.8. The number of anilines is 1. The third-order valence-electron chi connectivity index (χ3n) is 7.26. The number of amides is 2. The largest absolute Gasteiger partial charge is 0.385 e. The summed E-state index contributed by atoms with van der Waals surface area (Å²) in [4.78, 5) is 24.9. The number of nitrogens with one attached hydrogen (secondary N) is 2. The second-order valence-corrected chi connectivity index (χ2v) is 10.8. The van der Waals surface area contributed by atoms with E-state index in [4.69, 9.17) is 4.74 Å². The lowest BCUT2D eigenvalue weighted by atomic mass is 10.0. The van der Waals surface area contributed by atoms with Gasteiger partial charge in [-0.2, -0.15) is 0 Å². The molecular weight excluding hydrogens is 472 g/mol. The highest BCUT2D eigenvalue weighted by molar-refractivity contribution is 6.03. The summed E-state index contributed by atoms with van der Waals surface area (Å²) < 4.78 is 5.01. The average Bonchev–Trinajstić information content (AvgIpc) is 2.92. The first kappa shape index (κ1) is 34.1. The molecule has 0 spiro atoms. The molecule has 0 aromatic heterocycles. The summed E-state index contributed by atoms with van der Waals surface area (Å²) in [6, 6.07) is 7.20. The van der Waals surface area contributed by atoms with E-state index in [0.29, 0.717) is 30.8 Å². The summed E-state index contributed by atoms with van der Waals surface area (Å²) in [7, 11) is 1.65. The van der Waals surface area contributed by atoms with Crippen LogP contribution in [0.15, 0.2) is 24.3 Å². The summed E-state index contributed by atoms with van der Waals surface area (Å²) in [6.07, 6.45) is 26.8. The lowest BCUT2D eigenvalue weighted by Gasteiger charge is -2.11. The van der Waals surface area contributed by atoms with Crippen molar-refractivity contribution in [1.82, 2.24) is 5.32 Å². The zero-order chi connectivity index (χ0) is 27.5. The summed E-state index contributed by atoms with van der Waals surface area (Å²) in [5.41, 5.74) is 1.09. The number of benzene rings is 1. The zero-order valence-electron chi connectivity index (χ0n) is 24.8. The van der Waals surface area contributed by atoms with E-state index in [2.05, 4.69) is 17.6 Å². The van der Waals surface area contributed by atoms with Crippen LogP contribution in [0.25, 0.3) is 0 Å². The number of carbonyl (C=O) groups is 2. The number of methoxy groups -OCH3 is 1. The fourth-order valence-electron chi connectivity index (χ4n) is 4.88. The first-order valence-electron chi connectivity index (χ1n) is 15.8. The van der Waals surface area contributed by atoms with E-state index >= 15 is 0 Å². The molecule has 2 amide bonds. The van der Waals surface area contributed by atoms with Crippen molar-refractivity contribution < 1.29 is 14.3 Å². The number of hydrogen-bond acceptors (Lipinski definition) is 3. The number of ether oxygens (including phenoxy) is 1. The third kappa shape index (κ3) is 19.2. The van der Waals surface area contributed by atoms with Gasteiger partial charge in [-0.05, 0) is 25.0 Å². The van der Waals surface area contributed by atoms with Gasteiger partial charge in [-0.15, -0.1) is 0 Å². The molecule has 0 fully saturated rings. The highest BCUT2D eigenvalue weighted by atomic mass is 16.5. The molecular formula is C33H58N2O3. The molecule has 1 rings (SSSR count). The Balaban J connectivity index is 1.96. The molecule has 0 aliphatic carbocycles. The Bertz CT molecular complexity index is 707. The Labute approximate surface area is 234 Å². The molecule has 1 aromatic carbocycles. The van der Waals surface area contributed by atoms with Crippen LogP contribution in [-0.4, -0.2) is 32.1 Å². The van der Waals surface area contributed by atoms with Gasteiger partial charge in [0.15, 0.2) is 0 Å². The molecule has 0 saturated heterocycles. The molecule has 1 aromatic rings. The van der Waals surface area contributed by atoms with Gasteiger partial charge in [0, 0.05) is 26.7 Å². The Morgan fingerprint density at radius 3 is 1.63 bits per heavy atom. The van der Waals surface area contributed by atoms with Crippen LogP contribution in [0.4, 0.5) is 5.69 Å². The smallest absolute Gasteiger partial charge is 0.253 e. The summed E-state index contributed by atoms with van der Waals surface area (Å²) in [6.45, 7) is 3.44. The molecule has 0 radical (unpaired) electrons. The highest BCUT2D eigenvalue weighted by Gasteiger charge is 2.12. The lowest BCUT2D eigenvalue weighted by Crippen LogP contribution is -2.26.